The van der Waals surface area contributed by atoms with Crippen LogP contribution < -0.4 is 10.4 Å². The zero-order valence-corrected chi connectivity index (χ0v) is 8.76. The van der Waals surface area contributed by atoms with Gasteiger partial charge < -0.3 is 0 Å². The third-order valence-corrected chi connectivity index (χ3v) is 4.12. The second kappa shape index (κ2) is 3.32. The van der Waals surface area contributed by atoms with Crippen molar-refractivity contribution in [2.75, 3.05) is 5.75 Å². The van der Waals surface area contributed by atoms with Crippen molar-refractivity contribution < 1.29 is 0 Å². The average molecular weight is 200 g/mol. The molecule has 0 spiro atoms. The van der Waals surface area contributed by atoms with Crippen LogP contribution >= 0.6 is 11.8 Å². The summed E-state index contributed by atoms with van der Waals surface area (Å²) in [6.07, 6.45) is 8.01. The maximum atomic E-state index is 2.33. The number of benzene rings is 1. The minimum atomic E-state index is 0.634. The summed E-state index contributed by atoms with van der Waals surface area (Å²) in [6.45, 7) is 0. The largest absolute Gasteiger partial charge is 0.150 e. The Bertz CT molecular complexity index is 496. The molecule has 0 aromatic heterocycles. The van der Waals surface area contributed by atoms with Gasteiger partial charge in [-0.25, -0.2) is 0 Å². The summed E-state index contributed by atoms with van der Waals surface area (Å²) in [5.74, 6) is 1.28. The van der Waals surface area contributed by atoms with Gasteiger partial charge in [-0.1, -0.05) is 42.5 Å². The highest BCUT2D eigenvalue weighted by molar-refractivity contribution is 8.00. The number of allylic oxidation sites excluding steroid dienone is 1. The maximum Gasteiger partial charge on any atom is 0.0449 e. The first-order valence-corrected chi connectivity index (χ1v) is 6.08. The summed E-state index contributed by atoms with van der Waals surface area (Å²) in [6, 6.07) is 8.72. The van der Waals surface area contributed by atoms with Crippen molar-refractivity contribution in [3.05, 3.63) is 46.9 Å². The molecule has 0 saturated carbocycles. The fourth-order valence-electron chi connectivity index (χ4n) is 2.19. The van der Waals surface area contributed by atoms with E-state index in [1.54, 1.807) is 5.57 Å². The molecule has 1 unspecified atom stereocenters. The van der Waals surface area contributed by atoms with E-state index in [0.717, 1.165) is 0 Å². The van der Waals surface area contributed by atoms with Gasteiger partial charge in [0.25, 0.3) is 0 Å². The molecule has 1 aliphatic carbocycles. The Kier molecular flexibility index (Phi) is 1.98. The van der Waals surface area contributed by atoms with Gasteiger partial charge in [0.2, 0.25) is 0 Å². The lowest BCUT2D eigenvalue weighted by Crippen LogP contribution is -2.26. The van der Waals surface area contributed by atoms with Crippen LogP contribution in [0.4, 0.5) is 0 Å². The molecule has 0 bridgehead atoms. The van der Waals surface area contributed by atoms with Crippen LogP contribution in [-0.2, 0) is 0 Å². The predicted octanol–water partition coefficient (Wildman–Crippen LogP) is 1.69. The lowest BCUT2D eigenvalue weighted by atomic mass is 10.1. The molecule has 0 nitrogen and oxygen atoms in total. The van der Waals surface area contributed by atoms with Gasteiger partial charge in [-0.2, -0.15) is 0 Å². The molecule has 1 aliphatic heterocycles. The van der Waals surface area contributed by atoms with Crippen molar-refractivity contribution in [2.45, 2.75) is 11.7 Å². The van der Waals surface area contributed by atoms with Gasteiger partial charge in [0.1, 0.15) is 0 Å². The van der Waals surface area contributed by atoms with Gasteiger partial charge in [-0.3, -0.25) is 0 Å². The Morgan fingerprint density at radius 3 is 3.14 bits per heavy atom. The minimum absolute atomic E-state index is 0.634. The SMILES string of the molecule is C1=CC2SCCC2=c2ccccc2=C1. The van der Waals surface area contributed by atoms with E-state index in [-0.39, 0.29) is 0 Å². The molecular weight excluding hydrogens is 188 g/mol. The molecule has 2 aliphatic rings. The Labute approximate surface area is 88.0 Å². The van der Waals surface area contributed by atoms with E-state index in [4.69, 9.17) is 0 Å². The molecule has 1 atom stereocenters. The second-order valence-corrected chi connectivity index (χ2v) is 4.95. The number of thioether (sulfide) groups is 1. The van der Waals surface area contributed by atoms with Crippen LogP contribution in [0.2, 0.25) is 0 Å². The van der Waals surface area contributed by atoms with Crippen LogP contribution in [0.1, 0.15) is 6.42 Å². The van der Waals surface area contributed by atoms with E-state index >= 15 is 0 Å². The van der Waals surface area contributed by atoms with Gasteiger partial charge in [0.15, 0.2) is 0 Å². The Hall–Kier alpha value is -0.950. The molecule has 1 saturated heterocycles. The predicted molar refractivity (Wildman–Crippen MR) is 63.6 cm³/mol. The summed E-state index contributed by atoms with van der Waals surface area (Å²) in [7, 11) is 0. The van der Waals surface area contributed by atoms with Gasteiger partial charge in [-0.05, 0) is 28.2 Å². The molecule has 0 radical (unpaired) electrons. The number of hydrogen-bond acceptors (Lipinski definition) is 1. The highest BCUT2D eigenvalue weighted by atomic mass is 32.2. The summed E-state index contributed by atoms with van der Waals surface area (Å²) in [4.78, 5) is 0. The van der Waals surface area contributed by atoms with Crippen LogP contribution in [-0.4, -0.2) is 11.0 Å². The number of hydrogen-bond donors (Lipinski definition) is 0. The number of fused-ring (bicyclic) bond motifs is 2. The summed E-state index contributed by atoms with van der Waals surface area (Å²) >= 11 is 2.06. The molecule has 3 rings (SSSR count). The molecule has 1 heteroatoms. The van der Waals surface area contributed by atoms with E-state index in [1.807, 2.05) is 0 Å². The van der Waals surface area contributed by atoms with E-state index in [1.165, 1.54) is 22.6 Å². The van der Waals surface area contributed by atoms with E-state index in [0.29, 0.717) is 5.25 Å². The monoisotopic (exact) mass is 200 g/mol. The fourth-order valence-corrected chi connectivity index (χ4v) is 3.43. The molecule has 1 fully saturated rings. The van der Waals surface area contributed by atoms with Crippen LogP contribution in [0.5, 0.6) is 0 Å². The molecular formula is C13H12S. The van der Waals surface area contributed by atoms with Crippen LogP contribution in [0.25, 0.3) is 11.6 Å². The minimum Gasteiger partial charge on any atom is -0.150 e. The first-order chi connectivity index (χ1) is 6.95. The quantitative estimate of drug-likeness (QED) is 0.614. The van der Waals surface area contributed by atoms with Crippen molar-refractivity contribution in [3.63, 3.8) is 0 Å². The molecule has 0 amide bonds. The molecule has 0 N–H and O–H groups in total. The third-order valence-electron chi connectivity index (χ3n) is 2.88. The van der Waals surface area contributed by atoms with E-state index in [2.05, 4.69) is 54.3 Å². The summed E-state index contributed by atoms with van der Waals surface area (Å²) in [5.41, 5.74) is 1.62. The maximum absolute atomic E-state index is 2.33. The van der Waals surface area contributed by atoms with Gasteiger partial charge in [-0.15, -0.1) is 11.8 Å². The standard InChI is InChI=1S/C13H12S/c1-2-6-11-10(4-1)5-3-7-13-12(11)8-9-14-13/h1-7,13H,8-9H2. The first kappa shape index (κ1) is 8.37. The van der Waals surface area contributed by atoms with E-state index in [9.17, 15) is 0 Å². The van der Waals surface area contributed by atoms with E-state index < -0.39 is 0 Å². The smallest absolute Gasteiger partial charge is 0.0449 e. The molecule has 14 heavy (non-hydrogen) atoms. The fraction of sp³-hybridized carbons (Fsp3) is 0.231. The molecule has 1 aromatic carbocycles. The Morgan fingerprint density at radius 2 is 2.14 bits per heavy atom. The average Bonchev–Trinajstić information content (AvgIpc) is 2.61. The zero-order chi connectivity index (χ0) is 9.38. The van der Waals surface area contributed by atoms with Crippen LogP contribution in [0.3, 0.4) is 0 Å². The normalized spacial score (nSPS) is 23.7. The van der Waals surface area contributed by atoms with Crippen LogP contribution in [0, 0.1) is 0 Å². The topological polar surface area (TPSA) is 0 Å². The van der Waals surface area contributed by atoms with Crippen molar-refractivity contribution in [1.82, 2.24) is 0 Å². The van der Waals surface area contributed by atoms with Crippen molar-refractivity contribution in [3.8, 4) is 0 Å². The Balaban J connectivity index is 2.40. The van der Waals surface area contributed by atoms with Gasteiger partial charge in [0.05, 0.1) is 0 Å². The highest BCUT2D eigenvalue weighted by Gasteiger charge is 2.20. The third kappa shape index (κ3) is 1.24. The zero-order valence-electron chi connectivity index (χ0n) is 7.94. The van der Waals surface area contributed by atoms with Gasteiger partial charge >= 0.3 is 0 Å². The van der Waals surface area contributed by atoms with Crippen molar-refractivity contribution >= 4 is 23.4 Å². The second-order valence-electron chi connectivity index (χ2n) is 3.71. The lowest BCUT2D eigenvalue weighted by Gasteiger charge is -2.03. The van der Waals surface area contributed by atoms with Crippen LogP contribution in [0.15, 0.2) is 36.4 Å². The molecule has 70 valence electrons. The molecule has 1 heterocycles. The van der Waals surface area contributed by atoms with Crippen molar-refractivity contribution in [2.24, 2.45) is 0 Å². The summed E-state index contributed by atoms with van der Waals surface area (Å²) in [5, 5.41) is 3.48. The lowest BCUT2D eigenvalue weighted by molar-refractivity contribution is 1.23. The molecule has 1 aromatic rings. The summed E-state index contributed by atoms with van der Waals surface area (Å²) < 4.78 is 0. The van der Waals surface area contributed by atoms with Crippen molar-refractivity contribution in [1.29, 1.82) is 0 Å². The highest BCUT2D eigenvalue weighted by Crippen LogP contribution is 2.32. The van der Waals surface area contributed by atoms with Gasteiger partial charge in [0, 0.05) is 5.25 Å². The Morgan fingerprint density at radius 1 is 1.21 bits per heavy atom. The number of rotatable bonds is 0. The first-order valence-electron chi connectivity index (χ1n) is 5.03.